The third kappa shape index (κ3) is 4.15. The summed E-state index contributed by atoms with van der Waals surface area (Å²) in [5, 5.41) is 4.62. The third-order valence-corrected chi connectivity index (χ3v) is 7.02. The summed E-state index contributed by atoms with van der Waals surface area (Å²) in [4.78, 5) is 17.7. The summed E-state index contributed by atoms with van der Waals surface area (Å²) in [5.41, 5.74) is 8.72. The molecule has 0 atom stereocenters. The number of pyridine rings is 1. The maximum absolute atomic E-state index is 12.0. The summed E-state index contributed by atoms with van der Waals surface area (Å²) in [6.07, 6.45) is 7.80. The van der Waals surface area contributed by atoms with Gasteiger partial charge in [0, 0.05) is 22.5 Å². The van der Waals surface area contributed by atoms with Crippen LogP contribution in [0.2, 0.25) is 0 Å². The summed E-state index contributed by atoms with van der Waals surface area (Å²) in [7, 11) is 0. The number of aromatic nitrogens is 1. The van der Waals surface area contributed by atoms with Crippen molar-refractivity contribution in [2.24, 2.45) is 5.73 Å². The van der Waals surface area contributed by atoms with Gasteiger partial charge in [0.15, 0.2) is 0 Å². The lowest BCUT2D eigenvalue weighted by Crippen LogP contribution is -2.23. The Morgan fingerprint density at radius 2 is 1.83 bits per heavy atom. The molecule has 3 aromatic rings. The zero-order valence-corrected chi connectivity index (χ0v) is 18.2. The van der Waals surface area contributed by atoms with Crippen molar-refractivity contribution >= 4 is 33.1 Å². The van der Waals surface area contributed by atoms with Crippen molar-refractivity contribution in [3.63, 3.8) is 0 Å². The van der Waals surface area contributed by atoms with Crippen LogP contribution in [0.5, 0.6) is 0 Å². The third-order valence-electron chi connectivity index (χ3n) is 5.80. The van der Waals surface area contributed by atoms with Crippen molar-refractivity contribution in [2.75, 3.05) is 5.32 Å². The number of hydrogen-bond donors (Lipinski definition) is 2. The molecule has 1 amide bonds. The van der Waals surface area contributed by atoms with E-state index in [2.05, 4.69) is 61.4 Å². The highest BCUT2D eigenvalue weighted by molar-refractivity contribution is 7.22. The first-order valence-electron chi connectivity index (χ1n) is 10.4. The van der Waals surface area contributed by atoms with E-state index in [0.29, 0.717) is 11.6 Å². The Balaban J connectivity index is 1.75. The number of benzene rings is 1. The van der Waals surface area contributed by atoms with Crippen molar-refractivity contribution in [3.8, 4) is 10.4 Å². The van der Waals surface area contributed by atoms with E-state index in [4.69, 9.17) is 5.73 Å². The molecule has 4 nitrogen and oxygen atoms in total. The van der Waals surface area contributed by atoms with Crippen molar-refractivity contribution in [2.45, 2.75) is 64.3 Å². The molecule has 1 fully saturated rings. The number of rotatable bonds is 4. The number of hydrogen-bond acceptors (Lipinski definition) is 4. The monoisotopic (exact) mass is 407 g/mol. The molecule has 1 aliphatic rings. The number of carbonyl (C=O) groups excluding carboxylic acids is 1. The molecule has 29 heavy (non-hydrogen) atoms. The van der Waals surface area contributed by atoms with Crippen LogP contribution in [-0.2, 0) is 5.41 Å². The van der Waals surface area contributed by atoms with Gasteiger partial charge in [0.25, 0.3) is 5.91 Å². The lowest BCUT2D eigenvalue weighted by Gasteiger charge is -2.23. The summed E-state index contributed by atoms with van der Waals surface area (Å²) in [5.74, 6) is 0.439. The minimum Gasteiger partial charge on any atom is -0.367 e. The topological polar surface area (TPSA) is 68.0 Å². The molecule has 0 aliphatic heterocycles. The number of anilines is 1. The number of nitrogens with one attached hydrogen (secondary N) is 1. The van der Waals surface area contributed by atoms with E-state index >= 15 is 0 Å². The van der Waals surface area contributed by atoms with Crippen LogP contribution in [0.1, 0.15) is 68.8 Å². The summed E-state index contributed by atoms with van der Waals surface area (Å²) >= 11 is 1.61. The van der Waals surface area contributed by atoms with Gasteiger partial charge in [-0.3, -0.25) is 4.79 Å². The fourth-order valence-electron chi connectivity index (χ4n) is 4.03. The van der Waals surface area contributed by atoms with Gasteiger partial charge in [-0.25, -0.2) is 4.98 Å². The Hall–Kier alpha value is -2.40. The van der Waals surface area contributed by atoms with Crippen molar-refractivity contribution in [1.29, 1.82) is 0 Å². The van der Waals surface area contributed by atoms with Crippen molar-refractivity contribution in [1.82, 2.24) is 4.98 Å². The van der Waals surface area contributed by atoms with Gasteiger partial charge in [-0.05, 0) is 35.4 Å². The van der Waals surface area contributed by atoms with E-state index in [0.717, 1.165) is 26.3 Å². The first kappa shape index (κ1) is 19.9. The molecule has 2 heterocycles. The molecular weight excluding hydrogens is 378 g/mol. The Morgan fingerprint density at radius 1 is 1.14 bits per heavy atom. The predicted octanol–water partition coefficient (Wildman–Crippen LogP) is 6.10. The van der Waals surface area contributed by atoms with Crippen LogP contribution in [-0.4, -0.2) is 16.9 Å². The minimum absolute atomic E-state index is 0.124. The van der Waals surface area contributed by atoms with Gasteiger partial charge in [-0.1, -0.05) is 64.3 Å². The van der Waals surface area contributed by atoms with Gasteiger partial charge in [-0.2, -0.15) is 0 Å². The molecule has 3 N–H and O–H groups in total. The smallest absolute Gasteiger partial charge is 0.251 e. The fourth-order valence-corrected chi connectivity index (χ4v) is 5.21. The molecule has 1 aliphatic carbocycles. The number of nitrogens with zero attached hydrogens (tertiary/aromatic N) is 1. The number of amides is 1. The van der Waals surface area contributed by atoms with Gasteiger partial charge < -0.3 is 11.1 Å². The van der Waals surface area contributed by atoms with Crippen molar-refractivity contribution < 1.29 is 4.79 Å². The van der Waals surface area contributed by atoms with Crippen molar-refractivity contribution in [3.05, 3.63) is 47.7 Å². The molecule has 4 rings (SSSR count). The quantitative estimate of drug-likeness (QED) is 0.549. The number of fused-ring (bicyclic) bond motifs is 1. The average molecular weight is 408 g/mol. The van der Waals surface area contributed by atoms with E-state index in [1.54, 1.807) is 17.5 Å². The Morgan fingerprint density at radius 3 is 2.45 bits per heavy atom. The van der Waals surface area contributed by atoms with Gasteiger partial charge in [0.2, 0.25) is 0 Å². The van der Waals surface area contributed by atoms with E-state index in [1.807, 2.05) is 0 Å². The number of primary amides is 1. The average Bonchev–Trinajstić information content (AvgIpc) is 3.14. The lowest BCUT2D eigenvalue weighted by molar-refractivity contribution is 0.100. The Labute approximate surface area is 176 Å². The molecule has 1 aromatic carbocycles. The second-order valence-electron chi connectivity index (χ2n) is 9.04. The second kappa shape index (κ2) is 7.79. The van der Waals surface area contributed by atoms with E-state index < -0.39 is 5.91 Å². The normalized spacial score (nSPS) is 15.6. The summed E-state index contributed by atoms with van der Waals surface area (Å²) < 4.78 is 0.917. The van der Waals surface area contributed by atoms with Crippen LogP contribution in [0.25, 0.3) is 20.5 Å². The van der Waals surface area contributed by atoms with Gasteiger partial charge in [-0.15, -0.1) is 11.3 Å². The molecule has 152 valence electrons. The standard InChI is InChI=1S/C24H29N3OS/c1-24(2,3)16-11-9-15(10-12-16)20-13-18-21(29-20)19(22(25)28)14-26-23(18)27-17-7-5-4-6-8-17/h9-14,17H,4-8H2,1-3H3,(H2,25,28)(H,26,27). The molecule has 0 saturated heterocycles. The number of thiophene rings is 1. The first-order valence-corrected chi connectivity index (χ1v) is 11.2. The fraction of sp³-hybridized carbons (Fsp3) is 0.417. The molecule has 0 radical (unpaired) electrons. The molecule has 0 unspecified atom stereocenters. The highest BCUT2D eigenvalue weighted by Gasteiger charge is 2.20. The molecule has 1 saturated carbocycles. The molecule has 0 bridgehead atoms. The molecule has 5 heteroatoms. The van der Waals surface area contributed by atoms with Gasteiger partial charge in [0.1, 0.15) is 5.82 Å². The van der Waals surface area contributed by atoms with E-state index in [1.165, 1.54) is 37.7 Å². The molecule has 0 spiro atoms. The Bertz CT molecular complexity index is 1020. The second-order valence-corrected chi connectivity index (χ2v) is 10.1. The van der Waals surface area contributed by atoms with Crippen LogP contribution < -0.4 is 11.1 Å². The summed E-state index contributed by atoms with van der Waals surface area (Å²) in [6.45, 7) is 6.65. The maximum atomic E-state index is 12.0. The van der Waals surface area contributed by atoms with E-state index in [-0.39, 0.29) is 5.41 Å². The van der Waals surface area contributed by atoms with Gasteiger partial charge >= 0.3 is 0 Å². The van der Waals surface area contributed by atoms with Crippen LogP contribution in [0.3, 0.4) is 0 Å². The van der Waals surface area contributed by atoms with E-state index in [9.17, 15) is 4.79 Å². The van der Waals surface area contributed by atoms with Crippen LogP contribution >= 0.6 is 11.3 Å². The molecule has 2 aromatic heterocycles. The Kier molecular flexibility index (Phi) is 5.34. The zero-order valence-electron chi connectivity index (χ0n) is 17.4. The SMILES string of the molecule is CC(C)(C)c1ccc(-c2cc3c(NC4CCCCC4)ncc(C(N)=O)c3s2)cc1. The first-order chi connectivity index (χ1) is 13.8. The number of carbonyl (C=O) groups is 1. The highest BCUT2D eigenvalue weighted by atomic mass is 32.1. The summed E-state index contributed by atoms with van der Waals surface area (Å²) in [6, 6.07) is 11.3. The predicted molar refractivity (Wildman–Crippen MR) is 123 cm³/mol. The highest BCUT2D eigenvalue weighted by Crippen LogP contribution is 2.39. The lowest BCUT2D eigenvalue weighted by atomic mass is 9.86. The minimum atomic E-state index is -0.428. The largest absolute Gasteiger partial charge is 0.367 e. The van der Waals surface area contributed by atoms with Crippen LogP contribution in [0.15, 0.2) is 36.5 Å². The zero-order chi connectivity index (χ0) is 20.6. The van der Waals surface area contributed by atoms with Crippen LogP contribution in [0, 0.1) is 0 Å². The van der Waals surface area contributed by atoms with Gasteiger partial charge in [0.05, 0.1) is 10.3 Å². The molecular formula is C24H29N3OS. The van der Waals surface area contributed by atoms with Crippen LogP contribution in [0.4, 0.5) is 5.82 Å². The maximum Gasteiger partial charge on any atom is 0.251 e. The number of nitrogens with two attached hydrogens (primary N) is 1.